The van der Waals surface area contributed by atoms with Crippen LogP contribution in [-0.4, -0.2) is 35.6 Å². The minimum atomic E-state index is -0.838. The fraction of sp³-hybridized carbons (Fsp3) is 0.429. The van der Waals surface area contributed by atoms with Crippen LogP contribution < -0.4 is 5.32 Å². The molecule has 0 saturated heterocycles. The monoisotopic (exact) mass is 296 g/mol. The van der Waals surface area contributed by atoms with E-state index in [4.69, 9.17) is 16.7 Å². The van der Waals surface area contributed by atoms with Crippen LogP contribution in [-0.2, 0) is 11.3 Å². The number of amides is 2. The molecule has 1 aromatic rings. The molecule has 2 rings (SSSR count). The van der Waals surface area contributed by atoms with E-state index in [-0.39, 0.29) is 12.6 Å². The van der Waals surface area contributed by atoms with Crippen molar-refractivity contribution in [1.29, 1.82) is 0 Å². The van der Waals surface area contributed by atoms with Crippen LogP contribution in [0.5, 0.6) is 0 Å². The summed E-state index contributed by atoms with van der Waals surface area (Å²) < 4.78 is 0. The molecule has 0 radical (unpaired) electrons. The lowest BCUT2D eigenvalue weighted by molar-refractivity contribution is -0.143. The van der Waals surface area contributed by atoms with Crippen molar-refractivity contribution in [1.82, 2.24) is 10.2 Å². The smallest absolute Gasteiger partial charge is 0.317 e. The van der Waals surface area contributed by atoms with E-state index in [9.17, 15) is 9.59 Å². The zero-order chi connectivity index (χ0) is 14.8. The first kappa shape index (κ1) is 14.7. The van der Waals surface area contributed by atoms with Gasteiger partial charge in [-0.25, -0.2) is 4.79 Å². The molecule has 20 heavy (non-hydrogen) atoms. The minimum Gasteiger partial charge on any atom is -0.481 e. The number of rotatable bonds is 5. The Bertz CT molecular complexity index is 529. The van der Waals surface area contributed by atoms with E-state index in [1.54, 1.807) is 19.2 Å². The number of nitrogens with zero attached hydrogens (tertiary/aromatic N) is 1. The van der Waals surface area contributed by atoms with Crippen LogP contribution in [0, 0.1) is 5.41 Å². The molecule has 2 amide bonds. The average molecular weight is 297 g/mol. The van der Waals surface area contributed by atoms with E-state index in [2.05, 4.69) is 5.32 Å². The lowest BCUT2D eigenvalue weighted by atomic mass is 10.1. The Labute approximate surface area is 122 Å². The largest absolute Gasteiger partial charge is 0.481 e. The van der Waals surface area contributed by atoms with Gasteiger partial charge in [-0.15, -0.1) is 0 Å². The molecule has 1 aliphatic carbocycles. The Morgan fingerprint density at radius 3 is 2.70 bits per heavy atom. The Hall–Kier alpha value is -1.75. The number of carbonyl (C=O) groups excluding carboxylic acids is 1. The highest BCUT2D eigenvalue weighted by atomic mass is 35.5. The van der Waals surface area contributed by atoms with Gasteiger partial charge in [0.05, 0.1) is 5.41 Å². The molecule has 1 saturated carbocycles. The summed E-state index contributed by atoms with van der Waals surface area (Å²) >= 11 is 5.89. The molecule has 0 unspecified atom stereocenters. The Morgan fingerprint density at radius 2 is 2.15 bits per heavy atom. The number of benzene rings is 1. The van der Waals surface area contributed by atoms with Crippen LogP contribution in [0.1, 0.15) is 18.4 Å². The van der Waals surface area contributed by atoms with Crippen molar-refractivity contribution in [3.8, 4) is 0 Å². The lowest BCUT2D eigenvalue weighted by Crippen LogP contribution is -2.41. The molecule has 6 heteroatoms. The van der Waals surface area contributed by atoms with Gasteiger partial charge >= 0.3 is 12.0 Å². The van der Waals surface area contributed by atoms with Crippen LogP contribution >= 0.6 is 11.6 Å². The van der Waals surface area contributed by atoms with Crippen molar-refractivity contribution < 1.29 is 14.7 Å². The Morgan fingerprint density at radius 1 is 1.45 bits per heavy atom. The van der Waals surface area contributed by atoms with E-state index >= 15 is 0 Å². The van der Waals surface area contributed by atoms with Gasteiger partial charge in [0.2, 0.25) is 0 Å². The number of hydrogen-bond acceptors (Lipinski definition) is 2. The van der Waals surface area contributed by atoms with E-state index in [0.29, 0.717) is 24.4 Å². The first-order valence-electron chi connectivity index (χ1n) is 6.40. The van der Waals surface area contributed by atoms with Crippen LogP contribution in [0.2, 0.25) is 5.02 Å². The van der Waals surface area contributed by atoms with Crippen LogP contribution in [0.3, 0.4) is 0 Å². The maximum Gasteiger partial charge on any atom is 0.317 e. The molecule has 0 bridgehead atoms. The fourth-order valence-electron chi connectivity index (χ4n) is 1.98. The van der Waals surface area contributed by atoms with Gasteiger partial charge in [0.1, 0.15) is 0 Å². The predicted molar refractivity (Wildman–Crippen MR) is 75.6 cm³/mol. The van der Waals surface area contributed by atoms with E-state index in [1.807, 2.05) is 12.1 Å². The summed E-state index contributed by atoms with van der Waals surface area (Å²) in [7, 11) is 1.66. The molecule has 5 nitrogen and oxygen atoms in total. The molecule has 108 valence electrons. The number of hydrogen-bond donors (Lipinski definition) is 2. The highest BCUT2D eigenvalue weighted by molar-refractivity contribution is 6.30. The Balaban J connectivity index is 1.85. The first-order valence-corrected chi connectivity index (χ1v) is 6.77. The summed E-state index contributed by atoms with van der Waals surface area (Å²) in [5.74, 6) is -0.838. The summed E-state index contributed by atoms with van der Waals surface area (Å²) in [5.41, 5.74) is 0.182. The second-order valence-electron chi connectivity index (χ2n) is 5.23. The molecule has 0 spiro atoms. The first-order chi connectivity index (χ1) is 9.43. The number of carbonyl (C=O) groups is 2. The quantitative estimate of drug-likeness (QED) is 0.876. The van der Waals surface area contributed by atoms with Crippen molar-refractivity contribution in [3.05, 3.63) is 34.9 Å². The fourth-order valence-corrected chi connectivity index (χ4v) is 2.19. The van der Waals surface area contributed by atoms with Crippen molar-refractivity contribution in [2.24, 2.45) is 5.41 Å². The minimum absolute atomic E-state index is 0.182. The maximum atomic E-state index is 11.9. The molecule has 0 aromatic heterocycles. The van der Waals surface area contributed by atoms with Crippen molar-refractivity contribution in [3.63, 3.8) is 0 Å². The van der Waals surface area contributed by atoms with Crippen molar-refractivity contribution >= 4 is 23.6 Å². The topological polar surface area (TPSA) is 69.6 Å². The molecule has 1 fully saturated rings. The number of halogens is 1. The third-order valence-electron chi connectivity index (χ3n) is 3.54. The molecule has 2 N–H and O–H groups in total. The van der Waals surface area contributed by atoms with E-state index < -0.39 is 11.4 Å². The van der Waals surface area contributed by atoms with Crippen LogP contribution in [0.4, 0.5) is 4.79 Å². The van der Waals surface area contributed by atoms with Gasteiger partial charge in [-0.05, 0) is 30.5 Å². The highest BCUT2D eigenvalue weighted by Crippen LogP contribution is 2.45. The number of carboxylic acids is 1. The van der Waals surface area contributed by atoms with Gasteiger partial charge in [-0.3, -0.25) is 4.79 Å². The molecular formula is C14H17ClN2O3. The molecule has 0 aliphatic heterocycles. The van der Waals surface area contributed by atoms with Gasteiger partial charge in [0.25, 0.3) is 0 Å². The maximum absolute atomic E-state index is 11.9. The Kier molecular flexibility index (Phi) is 4.18. The molecule has 0 heterocycles. The SMILES string of the molecule is CN(Cc1cccc(Cl)c1)C(=O)NCC1(C(=O)O)CC1. The van der Waals surface area contributed by atoms with Gasteiger partial charge in [-0.1, -0.05) is 23.7 Å². The average Bonchev–Trinajstić information content (AvgIpc) is 3.17. The standard InChI is InChI=1S/C14H17ClN2O3/c1-17(8-10-3-2-4-11(15)7-10)13(20)16-9-14(5-6-14)12(18)19/h2-4,7H,5-6,8-9H2,1H3,(H,16,20)(H,18,19). The molecule has 1 aromatic carbocycles. The predicted octanol–water partition coefficient (Wildman–Crippen LogP) is 2.35. The summed E-state index contributed by atoms with van der Waals surface area (Å²) in [6.07, 6.45) is 1.25. The number of nitrogens with one attached hydrogen (secondary N) is 1. The van der Waals surface area contributed by atoms with E-state index in [0.717, 1.165) is 5.56 Å². The summed E-state index contributed by atoms with van der Waals surface area (Å²) in [4.78, 5) is 24.4. The molecular weight excluding hydrogens is 280 g/mol. The third kappa shape index (κ3) is 3.42. The van der Waals surface area contributed by atoms with Crippen molar-refractivity contribution in [2.45, 2.75) is 19.4 Å². The number of carboxylic acid groups (broad SMARTS) is 1. The van der Waals surface area contributed by atoms with Crippen molar-refractivity contribution in [2.75, 3.05) is 13.6 Å². The number of urea groups is 1. The van der Waals surface area contributed by atoms with Crippen LogP contribution in [0.15, 0.2) is 24.3 Å². The summed E-state index contributed by atoms with van der Waals surface area (Å²) in [6.45, 7) is 0.605. The third-order valence-corrected chi connectivity index (χ3v) is 3.78. The van der Waals surface area contributed by atoms with Crippen LogP contribution in [0.25, 0.3) is 0 Å². The summed E-state index contributed by atoms with van der Waals surface area (Å²) in [6, 6.07) is 7.00. The summed E-state index contributed by atoms with van der Waals surface area (Å²) in [5, 5.41) is 12.3. The zero-order valence-corrected chi connectivity index (χ0v) is 12.0. The molecule has 1 aliphatic rings. The van der Waals surface area contributed by atoms with Gasteiger partial charge in [0.15, 0.2) is 0 Å². The molecule has 0 atom stereocenters. The number of aliphatic carboxylic acids is 1. The van der Waals surface area contributed by atoms with Gasteiger partial charge in [-0.2, -0.15) is 0 Å². The van der Waals surface area contributed by atoms with E-state index in [1.165, 1.54) is 4.90 Å². The van der Waals surface area contributed by atoms with Gasteiger partial charge < -0.3 is 15.3 Å². The lowest BCUT2D eigenvalue weighted by Gasteiger charge is -2.19. The second kappa shape index (κ2) is 5.71. The highest BCUT2D eigenvalue weighted by Gasteiger charge is 2.50. The normalized spacial score (nSPS) is 15.5. The van der Waals surface area contributed by atoms with Gasteiger partial charge in [0, 0.05) is 25.2 Å². The second-order valence-corrected chi connectivity index (χ2v) is 5.67. The zero-order valence-electron chi connectivity index (χ0n) is 11.2.